The smallest absolute Gasteiger partial charge is 0.156 e. The van der Waals surface area contributed by atoms with Gasteiger partial charge in [0.25, 0.3) is 0 Å². The Balaban J connectivity index is 2.21. The summed E-state index contributed by atoms with van der Waals surface area (Å²) in [5.74, 6) is -1.06. The van der Waals surface area contributed by atoms with Gasteiger partial charge in [0, 0.05) is 12.5 Å². The summed E-state index contributed by atoms with van der Waals surface area (Å²) in [6.07, 6.45) is 3.38. The fourth-order valence-electron chi connectivity index (χ4n) is 2.57. The molecule has 96 valence electrons. The van der Waals surface area contributed by atoms with E-state index >= 15 is 0 Å². The maximum atomic E-state index is 13.1. The molecule has 18 heavy (non-hydrogen) atoms. The molecule has 1 aliphatic carbocycles. The first kappa shape index (κ1) is 12.9. The number of carbonyl (C=O) groups is 1. The van der Waals surface area contributed by atoms with Gasteiger partial charge in [-0.15, -0.1) is 0 Å². The van der Waals surface area contributed by atoms with Crippen molar-refractivity contribution in [1.29, 1.82) is 0 Å². The molecule has 1 aromatic carbocycles. The number of allylic oxidation sites excluding steroid dienone is 2. The van der Waals surface area contributed by atoms with Crippen molar-refractivity contribution >= 4 is 5.78 Å². The fourth-order valence-corrected chi connectivity index (χ4v) is 2.57. The van der Waals surface area contributed by atoms with Crippen LogP contribution in [-0.2, 0) is 11.2 Å². The Morgan fingerprint density at radius 3 is 2.28 bits per heavy atom. The molecule has 0 aliphatic heterocycles. The second-order valence-electron chi connectivity index (χ2n) is 5.74. The summed E-state index contributed by atoms with van der Waals surface area (Å²) in [4.78, 5) is 11.6. The summed E-state index contributed by atoms with van der Waals surface area (Å²) in [6, 6.07) is 3.49. The molecular weight excluding hydrogens is 234 g/mol. The van der Waals surface area contributed by atoms with Gasteiger partial charge in [0.1, 0.15) is 11.6 Å². The van der Waals surface area contributed by atoms with Crippen molar-refractivity contribution in [2.75, 3.05) is 0 Å². The van der Waals surface area contributed by atoms with E-state index in [-0.39, 0.29) is 11.2 Å². The Morgan fingerprint density at radius 2 is 1.72 bits per heavy atom. The van der Waals surface area contributed by atoms with Gasteiger partial charge < -0.3 is 0 Å². The average Bonchev–Trinajstić information content (AvgIpc) is 2.10. The first-order valence-electron chi connectivity index (χ1n) is 6.01. The molecule has 0 atom stereocenters. The lowest BCUT2D eigenvalue weighted by Gasteiger charge is -2.28. The van der Waals surface area contributed by atoms with Crippen LogP contribution in [-0.4, -0.2) is 5.78 Å². The van der Waals surface area contributed by atoms with Gasteiger partial charge in [0.15, 0.2) is 5.78 Å². The minimum atomic E-state index is -0.577. The largest absolute Gasteiger partial charge is 0.295 e. The highest BCUT2D eigenvalue weighted by molar-refractivity contribution is 5.91. The van der Waals surface area contributed by atoms with Crippen LogP contribution >= 0.6 is 0 Å². The van der Waals surface area contributed by atoms with E-state index in [2.05, 4.69) is 0 Å². The zero-order chi connectivity index (χ0) is 13.3. The van der Waals surface area contributed by atoms with Crippen molar-refractivity contribution < 1.29 is 13.6 Å². The minimum absolute atomic E-state index is 0.0625. The quantitative estimate of drug-likeness (QED) is 0.779. The number of ketones is 1. The summed E-state index contributed by atoms with van der Waals surface area (Å²) in [5.41, 5.74) is 1.46. The molecule has 0 spiro atoms. The lowest BCUT2D eigenvalue weighted by Crippen LogP contribution is -2.22. The Hall–Kier alpha value is -1.51. The molecule has 0 saturated heterocycles. The van der Waals surface area contributed by atoms with Crippen LogP contribution in [0, 0.1) is 17.0 Å². The monoisotopic (exact) mass is 250 g/mol. The highest BCUT2D eigenvalue weighted by atomic mass is 19.1. The van der Waals surface area contributed by atoms with Crippen molar-refractivity contribution in [1.82, 2.24) is 0 Å². The van der Waals surface area contributed by atoms with Gasteiger partial charge in [-0.05, 0) is 42.0 Å². The first-order valence-corrected chi connectivity index (χ1v) is 6.01. The minimum Gasteiger partial charge on any atom is -0.295 e. The molecule has 2 rings (SSSR count). The fraction of sp³-hybridized carbons (Fsp3) is 0.400. The lowest BCUT2D eigenvalue weighted by molar-refractivity contribution is -0.117. The third-order valence-corrected chi connectivity index (χ3v) is 3.08. The SMILES string of the molecule is CC1(C)CC(=O)C=C(Cc2cc(F)cc(F)c2)C1. The van der Waals surface area contributed by atoms with E-state index in [0.717, 1.165) is 18.1 Å². The molecule has 0 aromatic heterocycles. The summed E-state index contributed by atoms with van der Waals surface area (Å²) in [5, 5.41) is 0. The molecule has 0 bridgehead atoms. The molecule has 1 aromatic rings. The molecular formula is C15H16F2O. The molecule has 0 fully saturated rings. The Kier molecular flexibility index (Phi) is 3.33. The molecule has 0 amide bonds. The van der Waals surface area contributed by atoms with Crippen molar-refractivity contribution in [3.63, 3.8) is 0 Å². The third-order valence-electron chi connectivity index (χ3n) is 3.08. The van der Waals surface area contributed by atoms with E-state index in [4.69, 9.17) is 0 Å². The van der Waals surface area contributed by atoms with E-state index in [1.165, 1.54) is 12.1 Å². The van der Waals surface area contributed by atoms with Crippen molar-refractivity contribution in [2.45, 2.75) is 33.1 Å². The molecule has 0 radical (unpaired) electrons. The molecule has 0 N–H and O–H groups in total. The Bertz CT molecular complexity index is 495. The number of benzene rings is 1. The zero-order valence-electron chi connectivity index (χ0n) is 10.6. The van der Waals surface area contributed by atoms with E-state index in [1.54, 1.807) is 6.08 Å². The van der Waals surface area contributed by atoms with E-state index in [0.29, 0.717) is 18.4 Å². The zero-order valence-corrected chi connectivity index (χ0v) is 10.6. The van der Waals surface area contributed by atoms with Crippen LogP contribution in [0.3, 0.4) is 0 Å². The maximum Gasteiger partial charge on any atom is 0.156 e. The second kappa shape index (κ2) is 4.63. The standard InChI is InChI=1S/C15H16F2O/c1-15(2)8-11(6-14(18)9-15)3-10-4-12(16)7-13(17)5-10/h4-7H,3,8-9H2,1-2H3. The number of hydrogen-bond donors (Lipinski definition) is 0. The highest BCUT2D eigenvalue weighted by Crippen LogP contribution is 2.34. The average molecular weight is 250 g/mol. The van der Waals surface area contributed by atoms with E-state index in [1.807, 2.05) is 13.8 Å². The van der Waals surface area contributed by atoms with Crippen LogP contribution < -0.4 is 0 Å². The molecule has 1 nitrogen and oxygen atoms in total. The predicted molar refractivity (Wildman–Crippen MR) is 66.2 cm³/mol. The van der Waals surface area contributed by atoms with Crippen molar-refractivity contribution in [3.05, 3.63) is 47.0 Å². The van der Waals surface area contributed by atoms with Gasteiger partial charge in [0.05, 0.1) is 0 Å². The molecule has 3 heteroatoms. The predicted octanol–water partition coefficient (Wildman–Crippen LogP) is 3.82. The molecule has 1 aliphatic rings. The summed E-state index contributed by atoms with van der Waals surface area (Å²) in [6.45, 7) is 4.06. The molecule has 0 unspecified atom stereocenters. The van der Waals surface area contributed by atoms with Gasteiger partial charge in [0.2, 0.25) is 0 Å². The number of carbonyl (C=O) groups excluding carboxylic acids is 1. The molecule has 0 heterocycles. The Morgan fingerprint density at radius 1 is 1.11 bits per heavy atom. The van der Waals surface area contributed by atoms with E-state index in [9.17, 15) is 13.6 Å². The van der Waals surface area contributed by atoms with Gasteiger partial charge in [-0.1, -0.05) is 19.4 Å². The lowest BCUT2D eigenvalue weighted by atomic mass is 9.75. The topological polar surface area (TPSA) is 17.1 Å². The normalized spacial score (nSPS) is 18.7. The van der Waals surface area contributed by atoms with Crippen LogP contribution in [0.5, 0.6) is 0 Å². The van der Waals surface area contributed by atoms with Gasteiger partial charge in [-0.3, -0.25) is 4.79 Å². The maximum absolute atomic E-state index is 13.1. The van der Waals surface area contributed by atoms with Crippen molar-refractivity contribution in [2.24, 2.45) is 5.41 Å². The van der Waals surface area contributed by atoms with E-state index < -0.39 is 11.6 Å². The van der Waals surface area contributed by atoms with Crippen LogP contribution in [0.2, 0.25) is 0 Å². The molecule has 0 saturated carbocycles. The highest BCUT2D eigenvalue weighted by Gasteiger charge is 2.27. The van der Waals surface area contributed by atoms with Gasteiger partial charge in [-0.2, -0.15) is 0 Å². The number of rotatable bonds is 2. The summed E-state index contributed by atoms with van der Waals surface area (Å²) >= 11 is 0. The van der Waals surface area contributed by atoms with Crippen LogP contribution in [0.1, 0.15) is 32.3 Å². The van der Waals surface area contributed by atoms with Crippen molar-refractivity contribution in [3.8, 4) is 0 Å². The van der Waals surface area contributed by atoms with Crippen LogP contribution in [0.15, 0.2) is 29.8 Å². The second-order valence-corrected chi connectivity index (χ2v) is 5.74. The first-order chi connectivity index (χ1) is 8.34. The number of halogens is 2. The summed E-state index contributed by atoms with van der Waals surface area (Å²) < 4.78 is 26.2. The summed E-state index contributed by atoms with van der Waals surface area (Å²) in [7, 11) is 0. The third kappa shape index (κ3) is 3.25. The van der Waals surface area contributed by atoms with Crippen LogP contribution in [0.4, 0.5) is 8.78 Å². The Labute approximate surface area is 106 Å². The van der Waals surface area contributed by atoms with Gasteiger partial charge in [-0.25, -0.2) is 8.78 Å². The number of hydrogen-bond acceptors (Lipinski definition) is 1. The van der Waals surface area contributed by atoms with Crippen LogP contribution in [0.25, 0.3) is 0 Å². The van der Waals surface area contributed by atoms with Gasteiger partial charge >= 0.3 is 0 Å².